The molecule has 0 atom stereocenters. The molecule has 0 aliphatic carbocycles. The number of aromatic amines is 1. The fraction of sp³-hybridized carbons (Fsp3) is 0.250. The summed E-state index contributed by atoms with van der Waals surface area (Å²) in [6.45, 7) is 1.78. The number of fused-ring (bicyclic) bond motifs is 1. The number of nitrogens with zero attached hydrogens (tertiary/aromatic N) is 3. The van der Waals surface area contributed by atoms with Crippen LogP contribution in [0.1, 0.15) is 24.0 Å². The number of ketones is 1. The molecule has 13 heavy (non-hydrogen) atoms. The highest BCUT2D eigenvalue weighted by Gasteiger charge is 2.07. The Morgan fingerprint density at radius 1 is 1.54 bits per heavy atom. The van der Waals surface area contributed by atoms with Gasteiger partial charge >= 0.3 is 0 Å². The molecule has 0 amide bonds. The summed E-state index contributed by atoms with van der Waals surface area (Å²) >= 11 is 0. The molecule has 5 nitrogen and oxygen atoms in total. The third-order valence-corrected chi connectivity index (χ3v) is 1.75. The molecule has 0 bridgehead atoms. The van der Waals surface area contributed by atoms with Crippen molar-refractivity contribution >= 4 is 16.9 Å². The Morgan fingerprint density at radius 2 is 2.38 bits per heavy atom. The van der Waals surface area contributed by atoms with E-state index in [2.05, 4.69) is 19.9 Å². The maximum atomic E-state index is 11.2. The van der Waals surface area contributed by atoms with Crippen LogP contribution in [0.5, 0.6) is 0 Å². The van der Waals surface area contributed by atoms with Crippen molar-refractivity contribution in [2.75, 3.05) is 0 Å². The monoisotopic (exact) mass is 176 g/mol. The Hall–Kier alpha value is -1.78. The Kier molecular flexibility index (Phi) is 1.77. The van der Waals surface area contributed by atoms with E-state index in [0.29, 0.717) is 12.1 Å². The first-order valence-electron chi connectivity index (χ1n) is 4.00. The third kappa shape index (κ3) is 1.28. The molecule has 0 radical (unpaired) electrons. The number of carbonyl (C=O) groups is 1. The van der Waals surface area contributed by atoms with Crippen molar-refractivity contribution in [2.45, 2.75) is 13.3 Å². The van der Waals surface area contributed by atoms with Crippen LogP contribution in [0, 0.1) is 0 Å². The Labute approximate surface area is 74.2 Å². The Morgan fingerprint density at radius 3 is 3.15 bits per heavy atom. The summed E-state index contributed by atoms with van der Waals surface area (Å²) in [4.78, 5) is 25.9. The molecule has 2 heterocycles. The molecule has 2 aromatic heterocycles. The number of hydrogen-bond donors (Lipinski definition) is 1. The Bertz CT molecular complexity index is 448. The predicted molar refractivity (Wildman–Crippen MR) is 46.3 cm³/mol. The molecular weight excluding hydrogens is 168 g/mol. The molecule has 2 rings (SSSR count). The van der Waals surface area contributed by atoms with Crippen LogP contribution in [-0.2, 0) is 0 Å². The number of hydrogen-bond acceptors (Lipinski definition) is 4. The lowest BCUT2D eigenvalue weighted by Gasteiger charge is -1.94. The molecule has 0 fully saturated rings. The predicted octanol–water partition coefficient (Wildman–Crippen LogP) is 0.946. The largest absolute Gasteiger partial charge is 0.342 e. The van der Waals surface area contributed by atoms with Crippen molar-refractivity contribution in [2.24, 2.45) is 0 Å². The minimum atomic E-state index is -0.0649. The van der Waals surface area contributed by atoms with Crippen LogP contribution in [0.2, 0.25) is 0 Å². The molecule has 0 saturated carbocycles. The van der Waals surface area contributed by atoms with Crippen LogP contribution in [0.4, 0.5) is 0 Å². The van der Waals surface area contributed by atoms with Gasteiger partial charge in [-0.25, -0.2) is 15.0 Å². The highest BCUT2D eigenvalue weighted by atomic mass is 16.1. The summed E-state index contributed by atoms with van der Waals surface area (Å²) < 4.78 is 0. The first kappa shape index (κ1) is 7.85. The number of H-pyrrole nitrogens is 1. The smallest absolute Gasteiger partial charge is 0.199 e. The maximum Gasteiger partial charge on any atom is 0.199 e. The molecule has 0 saturated heterocycles. The van der Waals surface area contributed by atoms with E-state index in [4.69, 9.17) is 0 Å². The van der Waals surface area contributed by atoms with Crippen molar-refractivity contribution in [1.29, 1.82) is 0 Å². The third-order valence-electron chi connectivity index (χ3n) is 1.75. The van der Waals surface area contributed by atoms with E-state index in [1.807, 2.05) is 0 Å². The van der Waals surface area contributed by atoms with Crippen molar-refractivity contribution in [3.05, 3.63) is 18.3 Å². The quantitative estimate of drug-likeness (QED) is 0.691. The average Bonchev–Trinajstić information content (AvgIpc) is 2.63. The number of Topliss-reactive ketones (excluding diaryl/α,β-unsaturated/α-hetero) is 1. The van der Waals surface area contributed by atoms with E-state index in [1.165, 1.54) is 6.33 Å². The van der Waals surface area contributed by atoms with Crippen molar-refractivity contribution in [3.8, 4) is 0 Å². The zero-order valence-electron chi connectivity index (χ0n) is 7.11. The second-order valence-corrected chi connectivity index (χ2v) is 2.61. The van der Waals surface area contributed by atoms with Crippen LogP contribution in [0.15, 0.2) is 12.5 Å². The van der Waals surface area contributed by atoms with E-state index < -0.39 is 0 Å². The maximum absolute atomic E-state index is 11.2. The lowest BCUT2D eigenvalue weighted by atomic mass is 10.3. The number of nitrogens with one attached hydrogen (secondary N) is 1. The zero-order valence-corrected chi connectivity index (χ0v) is 7.11. The van der Waals surface area contributed by atoms with Crippen LogP contribution in [-0.4, -0.2) is 25.7 Å². The lowest BCUT2D eigenvalue weighted by molar-refractivity contribution is 0.0978. The second kappa shape index (κ2) is 2.93. The van der Waals surface area contributed by atoms with E-state index in [1.54, 1.807) is 13.1 Å². The van der Waals surface area contributed by atoms with Crippen LogP contribution >= 0.6 is 0 Å². The Balaban J connectivity index is 2.54. The minimum absolute atomic E-state index is 0.0649. The van der Waals surface area contributed by atoms with Gasteiger partial charge in [0.05, 0.1) is 12.5 Å². The average molecular weight is 176 g/mol. The highest BCUT2D eigenvalue weighted by molar-refractivity contribution is 5.93. The molecule has 1 N–H and O–H groups in total. The van der Waals surface area contributed by atoms with Gasteiger partial charge in [-0.05, 0) is 0 Å². The summed E-state index contributed by atoms with van der Waals surface area (Å²) in [5.41, 5.74) is 1.28. The molecule has 5 heteroatoms. The first-order chi connectivity index (χ1) is 6.31. The fourth-order valence-corrected chi connectivity index (χ4v) is 1.03. The van der Waals surface area contributed by atoms with Gasteiger partial charge in [0.15, 0.2) is 17.3 Å². The van der Waals surface area contributed by atoms with Gasteiger partial charge in [0.2, 0.25) is 0 Å². The van der Waals surface area contributed by atoms with E-state index in [9.17, 15) is 4.79 Å². The number of carbonyl (C=O) groups excluding carboxylic acids is 1. The standard InChI is InChI=1S/C8H8N4O/c1-2-6(13)8-9-3-5-7(12-8)11-4-10-5/h3-4H,2H2,1H3,(H,9,10,11,12). The van der Waals surface area contributed by atoms with Gasteiger partial charge in [-0.15, -0.1) is 0 Å². The molecule has 2 aromatic rings. The van der Waals surface area contributed by atoms with Crippen molar-refractivity contribution in [3.63, 3.8) is 0 Å². The van der Waals surface area contributed by atoms with Crippen LogP contribution in [0.25, 0.3) is 11.2 Å². The van der Waals surface area contributed by atoms with Gasteiger partial charge in [-0.3, -0.25) is 4.79 Å². The fourth-order valence-electron chi connectivity index (χ4n) is 1.03. The van der Waals surface area contributed by atoms with E-state index >= 15 is 0 Å². The first-order valence-corrected chi connectivity index (χ1v) is 4.00. The van der Waals surface area contributed by atoms with Gasteiger partial charge in [0.25, 0.3) is 0 Å². The summed E-state index contributed by atoms with van der Waals surface area (Å²) in [5, 5.41) is 0. The number of rotatable bonds is 2. The van der Waals surface area contributed by atoms with Crippen molar-refractivity contribution in [1.82, 2.24) is 19.9 Å². The molecule has 0 aromatic carbocycles. The van der Waals surface area contributed by atoms with Gasteiger partial charge in [0.1, 0.15) is 5.52 Å². The molecular formula is C8H8N4O. The summed E-state index contributed by atoms with van der Waals surface area (Å²) in [5.74, 6) is 0.173. The van der Waals surface area contributed by atoms with Crippen LogP contribution < -0.4 is 0 Å². The summed E-state index contributed by atoms with van der Waals surface area (Å²) in [7, 11) is 0. The molecule has 0 aliphatic rings. The minimum Gasteiger partial charge on any atom is -0.342 e. The summed E-state index contributed by atoms with van der Waals surface area (Å²) in [6.07, 6.45) is 3.51. The second-order valence-electron chi connectivity index (χ2n) is 2.61. The lowest BCUT2D eigenvalue weighted by Crippen LogP contribution is -2.03. The van der Waals surface area contributed by atoms with Gasteiger partial charge in [-0.2, -0.15) is 0 Å². The molecule has 0 aliphatic heterocycles. The van der Waals surface area contributed by atoms with Gasteiger partial charge in [-0.1, -0.05) is 6.92 Å². The number of imidazole rings is 1. The highest BCUT2D eigenvalue weighted by Crippen LogP contribution is 2.05. The molecule has 0 unspecified atom stereocenters. The van der Waals surface area contributed by atoms with Crippen molar-refractivity contribution < 1.29 is 4.79 Å². The SMILES string of the molecule is CCC(=O)c1ncc2[nH]cnc2n1. The number of aromatic nitrogens is 4. The topological polar surface area (TPSA) is 71.5 Å². The zero-order chi connectivity index (χ0) is 9.26. The van der Waals surface area contributed by atoms with Gasteiger partial charge in [0, 0.05) is 6.42 Å². The van der Waals surface area contributed by atoms with Crippen LogP contribution in [0.3, 0.4) is 0 Å². The van der Waals surface area contributed by atoms with Gasteiger partial charge < -0.3 is 4.98 Å². The summed E-state index contributed by atoms with van der Waals surface area (Å²) in [6, 6.07) is 0. The normalized spacial score (nSPS) is 10.5. The van der Waals surface area contributed by atoms with E-state index in [-0.39, 0.29) is 11.6 Å². The molecule has 0 spiro atoms. The molecule has 66 valence electrons. The van der Waals surface area contributed by atoms with E-state index in [0.717, 1.165) is 5.52 Å².